The van der Waals surface area contributed by atoms with Crippen molar-refractivity contribution in [1.29, 1.82) is 0 Å². The number of nitrogens with zero attached hydrogens (tertiary/aromatic N) is 1. The number of carbonyl (C=O) groups excluding carboxylic acids is 1. The molecule has 1 rings (SSSR count). The van der Waals surface area contributed by atoms with Crippen LogP contribution in [0.15, 0.2) is 18.5 Å². The Balaban J connectivity index is 2.59. The van der Waals surface area contributed by atoms with Crippen molar-refractivity contribution in [2.75, 3.05) is 5.75 Å². The molecule has 0 saturated carbocycles. The van der Waals surface area contributed by atoms with Gasteiger partial charge in [-0.2, -0.15) is 0 Å². The molecule has 0 amide bonds. The molecular formula is C11H11NOS. The molecule has 1 heterocycles. The van der Waals surface area contributed by atoms with Crippen molar-refractivity contribution in [1.82, 2.24) is 4.98 Å². The average Bonchev–Trinajstić information content (AvgIpc) is 2.15. The van der Waals surface area contributed by atoms with Crippen molar-refractivity contribution < 1.29 is 4.79 Å². The monoisotopic (exact) mass is 205 g/mol. The fourth-order valence-electron chi connectivity index (χ4n) is 0.883. The molecule has 1 aromatic rings. The van der Waals surface area contributed by atoms with Crippen molar-refractivity contribution in [3.8, 4) is 11.8 Å². The smallest absolute Gasteiger partial charge is 0.186 e. The lowest BCUT2D eigenvalue weighted by Gasteiger charge is -1.93. The number of pyridine rings is 1. The molecule has 0 saturated heterocycles. The number of hydrogen-bond acceptors (Lipinski definition) is 3. The lowest BCUT2D eigenvalue weighted by atomic mass is 10.2. The second-order valence-corrected chi connectivity index (χ2v) is 3.92. The van der Waals surface area contributed by atoms with E-state index >= 15 is 0 Å². The van der Waals surface area contributed by atoms with Gasteiger partial charge in [0.15, 0.2) is 5.12 Å². The maximum absolute atomic E-state index is 10.6. The summed E-state index contributed by atoms with van der Waals surface area (Å²) in [6.07, 6.45) is 3.50. The highest BCUT2D eigenvalue weighted by molar-refractivity contribution is 8.13. The predicted molar refractivity (Wildman–Crippen MR) is 59.0 cm³/mol. The minimum absolute atomic E-state index is 0.103. The van der Waals surface area contributed by atoms with Gasteiger partial charge in [-0.15, -0.1) is 0 Å². The molecule has 0 aliphatic rings. The van der Waals surface area contributed by atoms with Crippen LogP contribution in [-0.2, 0) is 4.79 Å². The van der Waals surface area contributed by atoms with Crippen molar-refractivity contribution in [2.24, 2.45) is 0 Å². The van der Waals surface area contributed by atoms with Gasteiger partial charge in [0, 0.05) is 24.9 Å². The summed E-state index contributed by atoms with van der Waals surface area (Å²) in [5.74, 6) is 6.50. The number of aryl methyl sites for hydroxylation is 1. The fraction of sp³-hybridized carbons (Fsp3) is 0.273. The molecule has 0 aliphatic heterocycles. The highest BCUT2D eigenvalue weighted by Gasteiger charge is 1.92. The van der Waals surface area contributed by atoms with Gasteiger partial charge in [-0.3, -0.25) is 9.78 Å². The Morgan fingerprint density at radius 2 is 2.43 bits per heavy atom. The van der Waals surface area contributed by atoms with Crippen LogP contribution in [0, 0.1) is 18.8 Å². The van der Waals surface area contributed by atoms with Gasteiger partial charge in [0.05, 0.1) is 5.75 Å². The summed E-state index contributed by atoms with van der Waals surface area (Å²) in [5.41, 5.74) is 2.04. The standard InChI is InChI=1S/C11H11NOS/c1-9-8-12-6-5-11(9)4-3-7-14-10(2)13/h5-6,8H,7H2,1-2H3. The molecule has 14 heavy (non-hydrogen) atoms. The largest absolute Gasteiger partial charge is 0.288 e. The van der Waals surface area contributed by atoms with Crippen LogP contribution in [0.4, 0.5) is 0 Å². The number of thioether (sulfide) groups is 1. The van der Waals surface area contributed by atoms with Gasteiger partial charge in [-0.05, 0) is 18.6 Å². The van der Waals surface area contributed by atoms with Gasteiger partial charge in [-0.1, -0.05) is 23.6 Å². The van der Waals surface area contributed by atoms with E-state index in [1.54, 1.807) is 19.3 Å². The molecular weight excluding hydrogens is 194 g/mol. The summed E-state index contributed by atoms with van der Waals surface area (Å²) in [7, 11) is 0. The minimum atomic E-state index is 0.103. The molecule has 1 aromatic heterocycles. The molecule has 0 unspecified atom stereocenters. The first-order chi connectivity index (χ1) is 6.70. The molecule has 0 spiro atoms. The summed E-state index contributed by atoms with van der Waals surface area (Å²) < 4.78 is 0. The third kappa shape index (κ3) is 3.63. The van der Waals surface area contributed by atoms with Gasteiger partial charge in [0.2, 0.25) is 0 Å². The van der Waals surface area contributed by atoms with Gasteiger partial charge in [0.1, 0.15) is 0 Å². The van der Waals surface area contributed by atoms with E-state index in [0.29, 0.717) is 5.75 Å². The summed E-state index contributed by atoms with van der Waals surface area (Å²) in [4.78, 5) is 14.6. The molecule has 2 nitrogen and oxygen atoms in total. The number of rotatable bonds is 1. The molecule has 3 heteroatoms. The van der Waals surface area contributed by atoms with Crippen LogP contribution in [0.2, 0.25) is 0 Å². The van der Waals surface area contributed by atoms with Crippen LogP contribution in [0.25, 0.3) is 0 Å². The first kappa shape index (κ1) is 10.8. The van der Waals surface area contributed by atoms with Crippen LogP contribution in [0.3, 0.4) is 0 Å². The van der Waals surface area contributed by atoms with E-state index in [1.807, 2.05) is 13.0 Å². The van der Waals surface area contributed by atoms with E-state index in [9.17, 15) is 4.79 Å². The predicted octanol–water partition coefficient (Wildman–Crippen LogP) is 2.02. The zero-order chi connectivity index (χ0) is 10.4. The van der Waals surface area contributed by atoms with E-state index < -0.39 is 0 Å². The quantitative estimate of drug-likeness (QED) is 0.657. The Morgan fingerprint density at radius 3 is 3.07 bits per heavy atom. The number of hydrogen-bond donors (Lipinski definition) is 0. The van der Waals surface area contributed by atoms with Crippen molar-refractivity contribution in [3.05, 3.63) is 29.6 Å². The van der Waals surface area contributed by atoms with Crippen LogP contribution < -0.4 is 0 Å². The Labute approximate surface area is 88.1 Å². The van der Waals surface area contributed by atoms with E-state index in [-0.39, 0.29) is 5.12 Å². The van der Waals surface area contributed by atoms with Crippen LogP contribution in [0.5, 0.6) is 0 Å². The summed E-state index contributed by atoms with van der Waals surface area (Å²) in [6.45, 7) is 3.51. The molecule has 0 N–H and O–H groups in total. The topological polar surface area (TPSA) is 30.0 Å². The van der Waals surface area contributed by atoms with Crippen molar-refractivity contribution in [2.45, 2.75) is 13.8 Å². The lowest BCUT2D eigenvalue weighted by molar-refractivity contribution is -0.109. The van der Waals surface area contributed by atoms with Gasteiger partial charge in [0.25, 0.3) is 0 Å². The first-order valence-corrected chi connectivity index (χ1v) is 5.21. The highest BCUT2D eigenvalue weighted by Crippen LogP contribution is 2.03. The van der Waals surface area contributed by atoms with Gasteiger partial charge in [-0.25, -0.2) is 0 Å². The zero-order valence-electron chi connectivity index (χ0n) is 8.20. The van der Waals surface area contributed by atoms with Crippen LogP contribution in [0.1, 0.15) is 18.1 Å². The Morgan fingerprint density at radius 1 is 1.64 bits per heavy atom. The van der Waals surface area contributed by atoms with E-state index in [2.05, 4.69) is 16.8 Å². The van der Waals surface area contributed by atoms with Crippen molar-refractivity contribution in [3.63, 3.8) is 0 Å². The van der Waals surface area contributed by atoms with E-state index in [4.69, 9.17) is 0 Å². The number of aromatic nitrogens is 1. The Hall–Kier alpha value is -1.27. The maximum atomic E-state index is 10.6. The summed E-state index contributed by atoms with van der Waals surface area (Å²) in [6, 6.07) is 1.88. The van der Waals surface area contributed by atoms with Crippen LogP contribution in [-0.4, -0.2) is 15.9 Å². The molecule has 0 fully saturated rings. The maximum Gasteiger partial charge on any atom is 0.186 e. The SMILES string of the molecule is CC(=O)SCC#Cc1ccncc1C. The molecule has 0 aliphatic carbocycles. The molecule has 0 atom stereocenters. The van der Waals surface area contributed by atoms with Crippen LogP contribution >= 0.6 is 11.8 Å². The third-order valence-corrected chi connectivity index (χ3v) is 2.29. The first-order valence-electron chi connectivity index (χ1n) is 4.23. The fourth-order valence-corrected chi connectivity index (χ4v) is 1.23. The average molecular weight is 205 g/mol. The third-order valence-electron chi connectivity index (χ3n) is 1.59. The lowest BCUT2D eigenvalue weighted by Crippen LogP contribution is -1.85. The Bertz CT molecular complexity index is 390. The number of carbonyl (C=O) groups is 1. The minimum Gasteiger partial charge on any atom is -0.288 e. The zero-order valence-corrected chi connectivity index (χ0v) is 9.02. The molecule has 0 aromatic carbocycles. The Kier molecular flexibility index (Phi) is 4.21. The molecule has 72 valence electrons. The van der Waals surface area contributed by atoms with Gasteiger partial charge >= 0.3 is 0 Å². The second kappa shape index (κ2) is 5.46. The van der Waals surface area contributed by atoms with Gasteiger partial charge < -0.3 is 0 Å². The molecule has 0 radical (unpaired) electrons. The summed E-state index contributed by atoms with van der Waals surface area (Å²) >= 11 is 1.23. The summed E-state index contributed by atoms with van der Waals surface area (Å²) in [5, 5.41) is 0.103. The normalized spacial score (nSPS) is 9.00. The van der Waals surface area contributed by atoms with E-state index in [0.717, 1.165) is 11.1 Å². The highest BCUT2D eigenvalue weighted by atomic mass is 32.2. The second-order valence-electron chi connectivity index (χ2n) is 2.77. The molecule has 0 bridgehead atoms. The van der Waals surface area contributed by atoms with Crippen molar-refractivity contribution >= 4 is 16.9 Å². The van der Waals surface area contributed by atoms with E-state index in [1.165, 1.54) is 11.8 Å².